The van der Waals surface area contributed by atoms with E-state index in [9.17, 15) is 0 Å². The van der Waals surface area contributed by atoms with Crippen LogP contribution in [0.2, 0.25) is 0 Å². The molecule has 0 fully saturated rings. The Morgan fingerprint density at radius 1 is 0.459 bits per heavy atom. The van der Waals surface area contributed by atoms with E-state index in [4.69, 9.17) is 36.9 Å². The fourth-order valence-electron chi connectivity index (χ4n) is 9.13. The fraction of sp³-hybridized carbons (Fsp3) is 0.241. The molecule has 0 aliphatic carbocycles. The van der Waals surface area contributed by atoms with Crippen molar-refractivity contribution in [3.8, 4) is 5.75 Å². The molecule has 0 atom stereocenters. The summed E-state index contributed by atoms with van der Waals surface area (Å²) in [6.07, 6.45) is 0.897. The summed E-state index contributed by atoms with van der Waals surface area (Å²) in [4.78, 5) is 5.68. The van der Waals surface area contributed by atoms with Crippen LogP contribution in [0.3, 0.4) is 0 Å². The van der Waals surface area contributed by atoms with Gasteiger partial charge in [-0.1, -0.05) is 0 Å². The SMILES string of the molecule is Cc1ccc(P(Cl)(Cc2nc(C)c3c(c2CP(Cl)(c2ccc(C)cc2)(c2ccc(C)cc2)c2ccc(C)cc2)COC(C)(C)O3)(c2ccc(C)cc2)c2ccc(C)cc2)cc1. The number of benzene rings is 6. The maximum absolute atomic E-state index is 9.08. The van der Waals surface area contributed by atoms with Crippen LogP contribution < -0.4 is 36.6 Å². The molecule has 0 amide bonds. The monoisotopic (exact) mass is 883 g/mol. The Kier molecular flexibility index (Phi) is 11.2. The van der Waals surface area contributed by atoms with Crippen molar-refractivity contribution < 1.29 is 9.47 Å². The van der Waals surface area contributed by atoms with Gasteiger partial charge in [-0.3, -0.25) is 0 Å². The number of hydrogen-bond donors (Lipinski definition) is 0. The standard InChI is InChI=1S/C54H57Cl2NO2P2/c1-37-10-22-44(23-11-37)60(55,45-24-12-38(2)13-25-45,46-26-14-39(3)15-27-46)35-51-50-34-58-54(8,9)59-53(50)43(7)57-52(51)36-61(56,47-28-16-40(4)17-29-47,48-30-18-41(5)19-31-48)49-32-20-42(6)21-33-49/h10-33H,34-36H2,1-9H3. The van der Waals surface area contributed by atoms with Crippen LogP contribution in [0.1, 0.15) is 69.7 Å². The maximum atomic E-state index is 9.08. The van der Waals surface area contributed by atoms with Gasteiger partial charge >= 0.3 is 375 Å². The van der Waals surface area contributed by atoms with Crippen molar-refractivity contribution in [2.75, 3.05) is 0 Å². The number of aromatic nitrogens is 1. The summed E-state index contributed by atoms with van der Waals surface area (Å²) in [7, 11) is 0. The van der Waals surface area contributed by atoms with Gasteiger partial charge in [-0.05, 0) is 0 Å². The second-order valence-corrected chi connectivity index (χ2v) is 30.9. The summed E-state index contributed by atoms with van der Waals surface area (Å²) in [6, 6.07) is 53.2. The molecule has 0 saturated carbocycles. The first-order chi connectivity index (χ1) is 28.9. The summed E-state index contributed by atoms with van der Waals surface area (Å²) in [5, 5.41) is 6.51. The van der Waals surface area contributed by atoms with Crippen LogP contribution in [0.25, 0.3) is 0 Å². The van der Waals surface area contributed by atoms with Gasteiger partial charge in [0.2, 0.25) is 0 Å². The first-order valence-corrected chi connectivity index (χ1v) is 27.8. The Morgan fingerprint density at radius 2 is 0.738 bits per heavy atom. The van der Waals surface area contributed by atoms with Gasteiger partial charge in [0.25, 0.3) is 0 Å². The Morgan fingerprint density at radius 3 is 1.03 bits per heavy atom. The van der Waals surface area contributed by atoms with E-state index in [1.807, 2.05) is 13.8 Å². The van der Waals surface area contributed by atoms with Crippen LogP contribution >= 0.6 is 34.4 Å². The molecular weight excluding hydrogens is 827 g/mol. The van der Waals surface area contributed by atoms with Gasteiger partial charge in [0.1, 0.15) is 0 Å². The number of pyridine rings is 1. The van der Waals surface area contributed by atoms with Crippen LogP contribution in [0.5, 0.6) is 5.75 Å². The van der Waals surface area contributed by atoms with E-state index in [0.717, 1.165) is 60.1 Å². The van der Waals surface area contributed by atoms with Crippen LogP contribution in [-0.4, -0.2) is 10.8 Å². The zero-order valence-electron chi connectivity index (χ0n) is 36.9. The first kappa shape index (κ1) is 43.3. The van der Waals surface area contributed by atoms with E-state index in [-0.39, 0.29) is 0 Å². The molecule has 0 bridgehead atoms. The molecule has 6 aromatic carbocycles. The molecule has 0 N–H and O–H groups in total. The van der Waals surface area contributed by atoms with Crippen LogP contribution in [-0.2, 0) is 23.7 Å². The molecule has 0 saturated heterocycles. The molecule has 61 heavy (non-hydrogen) atoms. The minimum atomic E-state index is -3.99. The predicted molar refractivity (Wildman–Crippen MR) is 266 cm³/mol. The van der Waals surface area contributed by atoms with Crippen molar-refractivity contribution in [1.82, 2.24) is 4.98 Å². The third-order valence-corrected chi connectivity index (χ3v) is 27.1. The summed E-state index contributed by atoms with van der Waals surface area (Å²) in [5.74, 6) is -8.04. The molecule has 0 unspecified atom stereocenters. The Balaban J connectivity index is 1.52. The van der Waals surface area contributed by atoms with E-state index in [1.165, 1.54) is 33.4 Å². The third kappa shape index (κ3) is 7.45. The van der Waals surface area contributed by atoms with E-state index >= 15 is 0 Å². The first-order valence-electron chi connectivity index (χ1n) is 21.1. The van der Waals surface area contributed by atoms with Gasteiger partial charge in [0.05, 0.1) is 0 Å². The van der Waals surface area contributed by atoms with Gasteiger partial charge in [0, 0.05) is 0 Å². The second-order valence-electron chi connectivity index (χ2n) is 17.9. The number of aryl methyl sites for hydroxylation is 7. The van der Waals surface area contributed by atoms with Crippen LogP contribution in [0, 0.1) is 48.5 Å². The number of nitrogens with zero attached hydrogens (tertiary/aromatic N) is 1. The number of rotatable bonds is 10. The van der Waals surface area contributed by atoms with Crippen molar-refractivity contribution in [3.63, 3.8) is 0 Å². The van der Waals surface area contributed by atoms with Crippen molar-refractivity contribution >= 4 is 66.2 Å². The average Bonchev–Trinajstić information content (AvgIpc) is 3.23. The van der Waals surface area contributed by atoms with E-state index in [2.05, 4.69) is 194 Å². The molecule has 7 heteroatoms. The second kappa shape index (κ2) is 15.8. The summed E-state index contributed by atoms with van der Waals surface area (Å²) < 4.78 is 13.4. The quantitative estimate of drug-likeness (QED) is 0.128. The molecule has 1 aliphatic rings. The normalized spacial score (nSPS) is 15.1. The number of ether oxygens (including phenoxy) is 2. The van der Waals surface area contributed by atoms with Gasteiger partial charge in [-0.2, -0.15) is 0 Å². The molecule has 3 nitrogen and oxygen atoms in total. The zero-order valence-corrected chi connectivity index (χ0v) is 40.2. The van der Waals surface area contributed by atoms with E-state index in [0.29, 0.717) is 18.9 Å². The molecule has 8 rings (SSSR count). The van der Waals surface area contributed by atoms with Gasteiger partial charge in [0.15, 0.2) is 0 Å². The summed E-state index contributed by atoms with van der Waals surface area (Å²) in [5.41, 5.74) is 10.7. The van der Waals surface area contributed by atoms with Gasteiger partial charge < -0.3 is 0 Å². The van der Waals surface area contributed by atoms with Crippen molar-refractivity contribution in [2.45, 2.75) is 87.0 Å². The number of fused-ring (bicyclic) bond motifs is 1. The Bertz CT molecular complexity index is 2500. The van der Waals surface area contributed by atoms with Crippen molar-refractivity contribution in [1.29, 1.82) is 0 Å². The predicted octanol–water partition coefficient (Wildman–Crippen LogP) is 12.3. The van der Waals surface area contributed by atoms with Crippen molar-refractivity contribution in [2.24, 2.45) is 0 Å². The van der Waals surface area contributed by atoms with E-state index in [1.54, 1.807) is 0 Å². The average molecular weight is 885 g/mol. The number of hydrogen-bond acceptors (Lipinski definition) is 3. The topological polar surface area (TPSA) is 31.4 Å². The van der Waals surface area contributed by atoms with Gasteiger partial charge in [-0.25, -0.2) is 0 Å². The molecule has 1 aromatic heterocycles. The molecule has 2 heterocycles. The van der Waals surface area contributed by atoms with E-state index < -0.39 is 17.7 Å². The molecular formula is C54H57Cl2NO2P2. The minimum absolute atomic E-state index is 0.338. The van der Waals surface area contributed by atoms with Crippen LogP contribution in [0.4, 0.5) is 0 Å². The molecule has 0 spiro atoms. The summed E-state index contributed by atoms with van der Waals surface area (Å²) in [6.45, 7) is 19.1. The van der Waals surface area contributed by atoms with Gasteiger partial charge in [-0.15, -0.1) is 0 Å². The zero-order chi connectivity index (χ0) is 43.4. The molecule has 1 aliphatic heterocycles. The third-order valence-electron chi connectivity index (χ3n) is 12.9. The Hall–Kier alpha value is -4.33. The van der Waals surface area contributed by atoms with Crippen molar-refractivity contribution in [3.05, 3.63) is 201 Å². The fourth-order valence-corrected chi connectivity index (χ4v) is 21.2. The molecule has 0 radical (unpaired) electrons. The Labute approximate surface area is 372 Å². The number of halogens is 2. The molecule has 314 valence electrons. The molecule has 7 aromatic rings. The summed E-state index contributed by atoms with van der Waals surface area (Å²) >= 11 is 18.1. The van der Waals surface area contributed by atoms with Crippen LogP contribution in [0.15, 0.2) is 146 Å².